The van der Waals surface area contributed by atoms with Crippen LogP contribution >= 0.6 is 11.6 Å². The molecular weight excluding hydrogens is 292 g/mol. The Morgan fingerprint density at radius 3 is 2.86 bits per heavy atom. The SMILES string of the molecule is CC(N)Cc1c(Cl)cccc1OCC(=O)N1CCOCC1. The molecule has 1 heterocycles. The third-order valence-electron chi connectivity index (χ3n) is 3.32. The standard InChI is InChI=1S/C15H21ClN2O3/c1-11(17)9-12-13(16)3-2-4-14(12)21-10-15(19)18-5-7-20-8-6-18/h2-4,11H,5-10,17H2,1H3. The number of ether oxygens (including phenoxy) is 2. The summed E-state index contributed by atoms with van der Waals surface area (Å²) in [7, 11) is 0. The van der Waals surface area contributed by atoms with Gasteiger partial charge >= 0.3 is 0 Å². The Hall–Kier alpha value is -1.30. The Kier molecular flexibility index (Phi) is 5.85. The summed E-state index contributed by atoms with van der Waals surface area (Å²) in [6.45, 7) is 4.31. The number of carbonyl (C=O) groups excluding carboxylic acids is 1. The Morgan fingerprint density at radius 1 is 1.48 bits per heavy atom. The van der Waals surface area contributed by atoms with Crippen molar-refractivity contribution >= 4 is 17.5 Å². The highest BCUT2D eigenvalue weighted by Crippen LogP contribution is 2.27. The Labute approximate surface area is 130 Å². The number of hydrogen-bond donors (Lipinski definition) is 1. The van der Waals surface area contributed by atoms with Crippen LogP contribution in [0.2, 0.25) is 5.02 Å². The van der Waals surface area contributed by atoms with Crippen molar-refractivity contribution in [2.75, 3.05) is 32.9 Å². The Balaban J connectivity index is 1.99. The highest BCUT2D eigenvalue weighted by atomic mass is 35.5. The van der Waals surface area contributed by atoms with E-state index in [1.165, 1.54) is 0 Å². The zero-order valence-electron chi connectivity index (χ0n) is 12.2. The van der Waals surface area contributed by atoms with Gasteiger partial charge in [0, 0.05) is 29.7 Å². The maximum atomic E-state index is 12.1. The first-order valence-electron chi connectivity index (χ1n) is 7.09. The van der Waals surface area contributed by atoms with E-state index in [2.05, 4.69) is 0 Å². The molecule has 1 aliphatic heterocycles. The molecule has 2 N–H and O–H groups in total. The zero-order chi connectivity index (χ0) is 15.2. The molecule has 0 aliphatic carbocycles. The van der Waals surface area contributed by atoms with Gasteiger partial charge < -0.3 is 20.1 Å². The molecule has 1 aromatic rings. The molecule has 21 heavy (non-hydrogen) atoms. The molecule has 0 saturated carbocycles. The van der Waals surface area contributed by atoms with Crippen LogP contribution < -0.4 is 10.5 Å². The van der Waals surface area contributed by atoms with Gasteiger partial charge in [-0.25, -0.2) is 0 Å². The molecule has 1 atom stereocenters. The van der Waals surface area contributed by atoms with Gasteiger partial charge in [-0.15, -0.1) is 0 Å². The van der Waals surface area contributed by atoms with Gasteiger partial charge in [0.2, 0.25) is 0 Å². The molecule has 1 aliphatic rings. The van der Waals surface area contributed by atoms with Crippen molar-refractivity contribution < 1.29 is 14.3 Å². The third kappa shape index (κ3) is 4.59. The van der Waals surface area contributed by atoms with Crippen molar-refractivity contribution in [2.24, 2.45) is 5.73 Å². The fourth-order valence-electron chi connectivity index (χ4n) is 2.24. The lowest BCUT2D eigenvalue weighted by molar-refractivity contribution is -0.137. The minimum Gasteiger partial charge on any atom is -0.483 e. The minimum atomic E-state index is -0.0370. The topological polar surface area (TPSA) is 64.8 Å². The number of nitrogens with two attached hydrogens (primary N) is 1. The van der Waals surface area contributed by atoms with E-state index in [9.17, 15) is 4.79 Å². The Bertz CT molecular complexity index is 488. The van der Waals surface area contributed by atoms with Crippen LogP contribution in [0.25, 0.3) is 0 Å². The van der Waals surface area contributed by atoms with Crippen LogP contribution in [0.4, 0.5) is 0 Å². The lowest BCUT2D eigenvalue weighted by Gasteiger charge is -2.27. The summed E-state index contributed by atoms with van der Waals surface area (Å²) < 4.78 is 10.9. The molecule has 116 valence electrons. The van der Waals surface area contributed by atoms with Gasteiger partial charge in [-0.05, 0) is 25.5 Å². The molecule has 1 unspecified atom stereocenters. The maximum Gasteiger partial charge on any atom is 0.260 e. The molecule has 0 spiro atoms. The molecule has 0 radical (unpaired) electrons. The minimum absolute atomic E-state index is 0.00624. The van der Waals surface area contributed by atoms with E-state index in [0.29, 0.717) is 43.5 Å². The van der Waals surface area contributed by atoms with E-state index in [1.54, 1.807) is 11.0 Å². The van der Waals surface area contributed by atoms with Gasteiger partial charge in [0.05, 0.1) is 13.2 Å². The van der Waals surface area contributed by atoms with Gasteiger partial charge in [-0.2, -0.15) is 0 Å². The monoisotopic (exact) mass is 312 g/mol. The largest absolute Gasteiger partial charge is 0.483 e. The number of hydrogen-bond acceptors (Lipinski definition) is 4. The first-order chi connectivity index (χ1) is 10.1. The van der Waals surface area contributed by atoms with E-state index in [-0.39, 0.29) is 18.6 Å². The third-order valence-corrected chi connectivity index (χ3v) is 3.67. The summed E-state index contributed by atoms with van der Waals surface area (Å²) in [4.78, 5) is 13.8. The number of morpholine rings is 1. The molecule has 6 heteroatoms. The zero-order valence-corrected chi connectivity index (χ0v) is 12.9. The van der Waals surface area contributed by atoms with Crippen molar-refractivity contribution in [1.29, 1.82) is 0 Å². The molecule has 1 aromatic carbocycles. The summed E-state index contributed by atoms with van der Waals surface area (Å²) in [5.41, 5.74) is 6.68. The van der Waals surface area contributed by atoms with Crippen LogP contribution in [0, 0.1) is 0 Å². The van der Waals surface area contributed by atoms with Crippen LogP contribution in [-0.4, -0.2) is 49.8 Å². The van der Waals surface area contributed by atoms with Crippen molar-refractivity contribution in [3.8, 4) is 5.75 Å². The number of benzene rings is 1. The van der Waals surface area contributed by atoms with Crippen molar-refractivity contribution in [1.82, 2.24) is 4.90 Å². The van der Waals surface area contributed by atoms with Crippen LogP contribution in [0.15, 0.2) is 18.2 Å². The van der Waals surface area contributed by atoms with Gasteiger partial charge in [0.15, 0.2) is 6.61 Å². The van der Waals surface area contributed by atoms with Gasteiger partial charge in [0.1, 0.15) is 5.75 Å². The molecule has 0 aromatic heterocycles. The molecule has 1 amide bonds. The summed E-state index contributed by atoms with van der Waals surface area (Å²) in [5.74, 6) is 0.589. The summed E-state index contributed by atoms with van der Waals surface area (Å²) in [6.07, 6.45) is 0.612. The molecule has 5 nitrogen and oxygen atoms in total. The second kappa shape index (κ2) is 7.64. The average Bonchev–Trinajstić information content (AvgIpc) is 2.48. The normalized spacial score (nSPS) is 16.6. The molecule has 1 saturated heterocycles. The van der Waals surface area contributed by atoms with E-state index in [4.69, 9.17) is 26.8 Å². The number of halogens is 1. The van der Waals surface area contributed by atoms with Gasteiger partial charge in [-0.3, -0.25) is 4.79 Å². The van der Waals surface area contributed by atoms with Crippen molar-refractivity contribution in [3.05, 3.63) is 28.8 Å². The predicted molar refractivity (Wildman–Crippen MR) is 81.7 cm³/mol. The fraction of sp³-hybridized carbons (Fsp3) is 0.533. The second-order valence-corrected chi connectivity index (χ2v) is 5.59. The van der Waals surface area contributed by atoms with Gasteiger partial charge in [0.25, 0.3) is 5.91 Å². The first-order valence-corrected chi connectivity index (χ1v) is 7.47. The van der Waals surface area contributed by atoms with E-state index < -0.39 is 0 Å². The smallest absolute Gasteiger partial charge is 0.260 e. The van der Waals surface area contributed by atoms with Crippen LogP contribution in [0.1, 0.15) is 12.5 Å². The van der Waals surface area contributed by atoms with Gasteiger partial charge in [-0.1, -0.05) is 17.7 Å². The molecule has 1 fully saturated rings. The fourth-order valence-corrected chi connectivity index (χ4v) is 2.48. The maximum absolute atomic E-state index is 12.1. The van der Waals surface area contributed by atoms with E-state index >= 15 is 0 Å². The van der Waals surface area contributed by atoms with E-state index in [1.807, 2.05) is 19.1 Å². The van der Waals surface area contributed by atoms with E-state index in [0.717, 1.165) is 5.56 Å². The van der Waals surface area contributed by atoms with Crippen molar-refractivity contribution in [2.45, 2.75) is 19.4 Å². The molecule has 2 rings (SSSR count). The summed E-state index contributed by atoms with van der Waals surface area (Å²) >= 11 is 6.19. The number of amides is 1. The highest BCUT2D eigenvalue weighted by molar-refractivity contribution is 6.31. The lowest BCUT2D eigenvalue weighted by Crippen LogP contribution is -2.43. The van der Waals surface area contributed by atoms with Crippen LogP contribution in [-0.2, 0) is 16.0 Å². The molecule has 0 bridgehead atoms. The average molecular weight is 313 g/mol. The first kappa shape index (κ1) is 16.1. The quantitative estimate of drug-likeness (QED) is 0.894. The summed E-state index contributed by atoms with van der Waals surface area (Å²) in [6, 6.07) is 5.40. The van der Waals surface area contributed by atoms with Crippen molar-refractivity contribution in [3.63, 3.8) is 0 Å². The predicted octanol–water partition coefficient (Wildman–Crippen LogP) is 1.47. The summed E-state index contributed by atoms with van der Waals surface area (Å²) in [5, 5.41) is 0.614. The number of nitrogens with zero attached hydrogens (tertiary/aromatic N) is 1. The molecular formula is C15H21ClN2O3. The highest BCUT2D eigenvalue weighted by Gasteiger charge is 2.18. The van der Waals surface area contributed by atoms with Crippen LogP contribution in [0.5, 0.6) is 5.75 Å². The lowest BCUT2D eigenvalue weighted by atomic mass is 10.1. The van der Waals surface area contributed by atoms with Crippen LogP contribution in [0.3, 0.4) is 0 Å². The number of carbonyl (C=O) groups is 1. The number of rotatable bonds is 5. The Morgan fingerprint density at radius 2 is 2.19 bits per heavy atom. The second-order valence-electron chi connectivity index (χ2n) is 5.18.